The van der Waals surface area contributed by atoms with Gasteiger partial charge in [0.1, 0.15) is 40.9 Å². The number of aromatic nitrogens is 3. The second kappa shape index (κ2) is 10.3. The van der Waals surface area contributed by atoms with Crippen molar-refractivity contribution in [2.45, 2.75) is 74.7 Å². The Morgan fingerprint density at radius 1 is 1.12 bits per heavy atom. The van der Waals surface area contributed by atoms with Gasteiger partial charge in [-0.05, 0) is 68.7 Å². The summed E-state index contributed by atoms with van der Waals surface area (Å²) in [5.41, 5.74) is 0.831. The van der Waals surface area contributed by atoms with Crippen molar-refractivity contribution < 1.29 is 23.4 Å². The molecule has 5 fully saturated rings. The molecule has 4 atom stereocenters. The van der Waals surface area contributed by atoms with Crippen molar-refractivity contribution in [3.05, 3.63) is 28.5 Å². The van der Waals surface area contributed by atoms with Crippen molar-refractivity contribution in [1.82, 2.24) is 25.2 Å². The highest BCUT2D eigenvalue weighted by Crippen LogP contribution is 2.50. The second-order valence-corrected chi connectivity index (χ2v) is 13.3. The van der Waals surface area contributed by atoms with Crippen LogP contribution in [0, 0.1) is 5.82 Å². The average Bonchev–Trinajstić information content (AvgIpc) is 3.56. The molecule has 0 unspecified atom stereocenters. The molecule has 4 aliphatic heterocycles. The Bertz CT molecular complexity index is 1600. The number of halogens is 3. The molecule has 228 valence electrons. The predicted molar refractivity (Wildman–Crippen MR) is 159 cm³/mol. The quantitative estimate of drug-likeness (QED) is 0.383. The van der Waals surface area contributed by atoms with Gasteiger partial charge in [0.25, 0.3) is 0 Å². The van der Waals surface area contributed by atoms with E-state index in [1.54, 1.807) is 0 Å². The number of hydrogen-bond donors (Lipinski definition) is 2. The van der Waals surface area contributed by atoms with Gasteiger partial charge in [-0.3, -0.25) is 4.90 Å². The summed E-state index contributed by atoms with van der Waals surface area (Å²) in [7, 11) is 1.50. The van der Waals surface area contributed by atoms with E-state index in [-0.39, 0.29) is 41.4 Å². The Morgan fingerprint density at radius 2 is 1.91 bits per heavy atom. The highest BCUT2D eigenvalue weighted by molar-refractivity contribution is 6.32. The second-order valence-electron chi connectivity index (χ2n) is 12.9. The van der Waals surface area contributed by atoms with Crippen LogP contribution in [0.25, 0.3) is 22.2 Å². The minimum absolute atomic E-state index is 0.0108. The number of aromatic hydroxyl groups is 1. The number of anilines is 1. The third-order valence-electron chi connectivity index (χ3n) is 10.0. The molecule has 6 heterocycles. The number of nitrogens with one attached hydrogen (secondary N) is 1. The monoisotopic (exact) mass is 612 g/mol. The van der Waals surface area contributed by atoms with Crippen LogP contribution < -0.4 is 19.7 Å². The van der Waals surface area contributed by atoms with Gasteiger partial charge in [-0.2, -0.15) is 9.97 Å². The fourth-order valence-electron chi connectivity index (χ4n) is 7.93. The van der Waals surface area contributed by atoms with Crippen molar-refractivity contribution >= 4 is 28.3 Å². The van der Waals surface area contributed by atoms with Crippen LogP contribution in [0.3, 0.4) is 0 Å². The van der Waals surface area contributed by atoms with E-state index in [4.69, 9.17) is 26.1 Å². The fraction of sp³-hybridized carbons (Fsp3) is 0.581. The number of methoxy groups -OCH3 is 1. The summed E-state index contributed by atoms with van der Waals surface area (Å²) in [6.07, 6.45) is 5.33. The molecular formula is C31H35ClF2N6O3. The molecule has 1 saturated carbocycles. The van der Waals surface area contributed by atoms with E-state index in [0.29, 0.717) is 59.9 Å². The maximum absolute atomic E-state index is 16.8. The normalized spacial score (nSPS) is 28.6. The number of pyridine rings is 1. The van der Waals surface area contributed by atoms with Gasteiger partial charge >= 0.3 is 6.01 Å². The van der Waals surface area contributed by atoms with Crippen molar-refractivity contribution in [3.8, 4) is 28.9 Å². The number of phenols is 1. The lowest BCUT2D eigenvalue weighted by atomic mass is 9.95. The molecule has 2 aromatic heterocycles. The van der Waals surface area contributed by atoms with Crippen LogP contribution in [0.15, 0.2) is 12.1 Å². The molecule has 2 N–H and O–H groups in total. The maximum atomic E-state index is 16.8. The minimum atomic E-state index is -0.890. The van der Waals surface area contributed by atoms with Gasteiger partial charge in [-0.1, -0.05) is 11.6 Å². The van der Waals surface area contributed by atoms with Crippen molar-refractivity contribution in [1.29, 1.82) is 0 Å². The molecule has 43 heavy (non-hydrogen) atoms. The van der Waals surface area contributed by atoms with Gasteiger partial charge < -0.3 is 24.8 Å². The Hall–Kier alpha value is -3.02. The first-order valence-electron chi connectivity index (χ1n) is 15.3. The van der Waals surface area contributed by atoms with Gasteiger partial charge in [-0.15, -0.1) is 0 Å². The molecule has 4 saturated heterocycles. The molecule has 0 amide bonds. The summed E-state index contributed by atoms with van der Waals surface area (Å²) in [6, 6.07) is 3.64. The minimum Gasteiger partial charge on any atom is -0.508 e. The van der Waals surface area contributed by atoms with Gasteiger partial charge in [0, 0.05) is 48.7 Å². The standard InChI is InChI=1S/C31H35ClF2N6O3/c1-42-29-24-27(25(34)26(36-29)21-9-20(41)10-22(32)23(21)16-3-4-16)37-30(38-28(24)39-13-18-5-6-19(14-39)35-18)43-15-31-7-2-8-40(31)12-17(33)11-31/h9-10,16-19,35,41H,2-8,11-15H2,1H3/t17-,18-,19+,31+/m1/s1. The molecular weight excluding hydrogens is 578 g/mol. The van der Waals surface area contributed by atoms with E-state index < -0.39 is 17.5 Å². The van der Waals surface area contributed by atoms with Crippen LogP contribution in [0.2, 0.25) is 5.02 Å². The Kier molecular flexibility index (Phi) is 6.58. The lowest BCUT2D eigenvalue weighted by Crippen LogP contribution is -2.51. The van der Waals surface area contributed by atoms with Crippen LogP contribution in [0.4, 0.5) is 14.6 Å². The maximum Gasteiger partial charge on any atom is 0.319 e. The number of benzene rings is 1. The Morgan fingerprint density at radius 3 is 2.65 bits per heavy atom. The third-order valence-corrected chi connectivity index (χ3v) is 10.3. The van der Waals surface area contributed by atoms with E-state index >= 15 is 4.39 Å². The van der Waals surface area contributed by atoms with Crippen LogP contribution in [-0.4, -0.2) is 88.6 Å². The number of hydrogen-bond acceptors (Lipinski definition) is 9. The number of rotatable bonds is 7. The fourth-order valence-corrected chi connectivity index (χ4v) is 8.29. The topological polar surface area (TPSA) is 95.9 Å². The van der Waals surface area contributed by atoms with Gasteiger partial charge in [0.15, 0.2) is 5.82 Å². The highest BCUT2D eigenvalue weighted by atomic mass is 35.5. The lowest BCUT2D eigenvalue weighted by molar-refractivity contribution is 0.107. The first-order valence-corrected chi connectivity index (χ1v) is 15.7. The zero-order valence-electron chi connectivity index (χ0n) is 24.1. The largest absolute Gasteiger partial charge is 0.508 e. The van der Waals surface area contributed by atoms with E-state index in [9.17, 15) is 9.50 Å². The smallest absolute Gasteiger partial charge is 0.319 e. The zero-order chi connectivity index (χ0) is 29.5. The van der Waals surface area contributed by atoms with Gasteiger partial charge in [0.05, 0.1) is 12.6 Å². The van der Waals surface area contributed by atoms with E-state index in [2.05, 4.69) is 25.1 Å². The zero-order valence-corrected chi connectivity index (χ0v) is 24.8. The summed E-state index contributed by atoms with van der Waals surface area (Å²) in [4.78, 5) is 18.5. The highest BCUT2D eigenvalue weighted by Gasteiger charge is 2.49. The molecule has 9 nitrogen and oxygen atoms in total. The number of alkyl halides is 1. The molecule has 0 radical (unpaired) electrons. The van der Waals surface area contributed by atoms with E-state index in [1.807, 2.05) is 0 Å². The third kappa shape index (κ3) is 4.66. The summed E-state index contributed by atoms with van der Waals surface area (Å²) in [5, 5.41) is 14.8. The Balaban J connectivity index is 1.28. The molecule has 2 bridgehead atoms. The SMILES string of the molecule is COc1nc(-c2cc(O)cc(Cl)c2C2CC2)c(F)c2nc(OC[C@@]34CCCN3C[C@H](F)C4)nc(N3C[C@H]4CC[C@@H](C3)N4)c12. The summed E-state index contributed by atoms with van der Waals surface area (Å²) in [5.74, 6) is 0.145. The van der Waals surface area contributed by atoms with Gasteiger partial charge in [-0.25, -0.2) is 13.8 Å². The first kappa shape index (κ1) is 27.5. The van der Waals surface area contributed by atoms with E-state index in [1.165, 1.54) is 19.2 Å². The number of ether oxygens (including phenoxy) is 2. The molecule has 12 heteroatoms. The van der Waals surface area contributed by atoms with Crippen molar-refractivity contribution in [2.75, 3.05) is 44.8 Å². The Labute approximate surface area is 253 Å². The molecule has 3 aromatic rings. The van der Waals surface area contributed by atoms with Crippen LogP contribution in [-0.2, 0) is 0 Å². The number of phenolic OH excluding ortho intramolecular Hbond substituents is 1. The summed E-state index contributed by atoms with van der Waals surface area (Å²) < 4.78 is 43.3. The average molecular weight is 613 g/mol. The summed E-state index contributed by atoms with van der Waals surface area (Å²) >= 11 is 6.58. The molecule has 8 rings (SSSR count). The van der Waals surface area contributed by atoms with Gasteiger partial charge in [0.2, 0.25) is 5.88 Å². The molecule has 0 spiro atoms. The predicted octanol–water partition coefficient (Wildman–Crippen LogP) is 4.97. The van der Waals surface area contributed by atoms with E-state index in [0.717, 1.165) is 50.6 Å². The number of piperazine rings is 1. The first-order chi connectivity index (χ1) is 20.8. The van der Waals surface area contributed by atoms with Crippen LogP contribution in [0.5, 0.6) is 17.6 Å². The molecule has 5 aliphatic rings. The van der Waals surface area contributed by atoms with Crippen LogP contribution in [0.1, 0.15) is 56.4 Å². The van der Waals surface area contributed by atoms with Crippen molar-refractivity contribution in [2.24, 2.45) is 0 Å². The van der Waals surface area contributed by atoms with Crippen molar-refractivity contribution in [3.63, 3.8) is 0 Å². The lowest BCUT2D eigenvalue weighted by Gasteiger charge is -2.34. The number of fused-ring (bicyclic) bond motifs is 4. The van der Waals surface area contributed by atoms with Crippen LogP contribution >= 0.6 is 11.6 Å². The number of nitrogens with zero attached hydrogens (tertiary/aromatic N) is 5. The molecule has 1 aromatic carbocycles. The summed E-state index contributed by atoms with van der Waals surface area (Å²) in [6.45, 7) is 2.88. The molecule has 1 aliphatic carbocycles.